The van der Waals surface area contributed by atoms with Crippen molar-refractivity contribution in [1.29, 1.82) is 0 Å². The summed E-state index contributed by atoms with van der Waals surface area (Å²) in [6.07, 6.45) is 7.74. The third-order valence-corrected chi connectivity index (χ3v) is 6.64. The van der Waals surface area contributed by atoms with Crippen molar-refractivity contribution < 1.29 is 0 Å². The van der Waals surface area contributed by atoms with Crippen LogP contribution in [0, 0.1) is 0 Å². The van der Waals surface area contributed by atoms with E-state index in [1.807, 2.05) is 6.20 Å². The zero-order chi connectivity index (χ0) is 21.0. The first-order valence-electron chi connectivity index (χ1n) is 11.9. The number of aryl methyl sites for hydroxylation is 2. The van der Waals surface area contributed by atoms with Gasteiger partial charge in [-0.3, -0.25) is 9.97 Å². The third-order valence-electron chi connectivity index (χ3n) is 6.64. The zero-order valence-electron chi connectivity index (χ0n) is 18.6. The molecule has 3 aromatic rings. The molecule has 2 aromatic heterocycles. The Morgan fingerprint density at radius 2 is 1.90 bits per heavy atom. The van der Waals surface area contributed by atoms with E-state index in [0.29, 0.717) is 6.04 Å². The van der Waals surface area contributed by atoms with Gasteiger partial charge in [-0.05, 0) is 48.8 Å². The zero-order valence-corrected chi connectivity index (χ0v) is 18.6. The first-order valence-corrected chi connectivity index (χ1v) is 11.9. The summed E-state index contributed by atoms with van der Waals surface area (Å²) in [7, 11) is 0. The quantitative estimate of drug-likeness (QED) is 0.651. The van der Waals surface area contributed by atoms with Gasteiger partial charge in [0, 0.05) is 43.5 Å². The summed E-state index contributed by atoms with van der Waals surface area (Å²) in [5.74, 6) is 0. The maximum absolute atomic E-state index is 5.19. The van der Waals surface area contributed by atoms with Gasteiger partial charge < -0.3 is 5.32 Å². The monoisotopic (exact) mass is 415 g/mol. The average molecular weight is 416 g/mol. The molecule has 1 fully saturated rings. The average Bonchev–Trinajstić information content (AvgIpc) is 2.83. The summed E-state index contributed by atoms with van der Waals surface area (Å²) in [5, 5.41) is 11.1. The number of nitrogens with zero attached hydrogens (tertiary/aromatic N) is 4. The highest BCUT2D eigenvalue weighted by atomic mass is 15.6. The fourth-order valence-corrected chi connectivity index (χ4v) is 5.05. The lowest BCUT2D eigenvalue weighted by molar-refractivity contribution is -0.0841. The minimum absolute atomic E-state index is 0.326. The fourth-order valence-electron chi connectivity index (χ4n) is 5.05. The second-order valence-corrected chi connectivity index (χ2v) is 8.83. The molecule has 0 bridgehead atoms. The Hall–Kier alpha value is -2.34. The minimum Gasteiger partial charge on any atom is -0.314 e. The Balaban J connectivity index is 1.50. The molecule has 3 heterocycles. The number of hydrogen-bond donors (Lipinski definition) is 1. The van der Waals surface area contributed by atoms with Gasteiger partial charge in [-0.15, -0.1) is 0 Å². The van der Waals surface area contributed by atoms with Crippen molar-refractivity contribution in [3.8, 4) is 0 Å². The van der Waals surface area contributed by atoms with E-state index in [2.05, 4.69) is 64.7 Å². The molecule has 1 aliphatic carbocycles. The molecule has 5 rings (SSSR count). The van der Waals surface area contributed by atoms with E-state index >= 15 is 0 Å². The lowest BCUT2D eigenvalue weighted by Crippen LogP contribution is -2.53. The largest absolute Gasteiger partial charge is 0.314 e. The fraction of sp³-hybridized carbons (Fsp3) is 0.462. The molecule has 0 spiro atoms. The van der Waals surface area contributed by atoms with Crippen LogP contribution in [-0.4, -0.2) is 46.2 Å². The van der Waals surface area contributed by atoms with Crippen LogP contribution in [0.15, 0.2) is 48.7 Å². The number of nitrogens with one attached hydrogen (secondary N) is 1. The Bertz CT molecular complexity index is 1030. The van der Waals surface area contributed by atoms with Gasteiger partial charge >= 0.3 is 0 Å². The summed E-state index contributed by atoms with van der Waals surface area (Å²) in [6.45, 7) is 7.20. The first kappa shape index (κ1) is 20.6. The molecular weight excluding hydrogens is 382 g/mol. The van der Waals surface area contributed by atoms with Crippen molar-refractivity contribution in [3.63, 3.8) is 0 Å². The number of hydrogen-bond acceptors (Lipinski definition) is 5. The van der Waals surface area contributed by atoms with Crippen molar-refractivity contribution in [1.82, 2.24) is 25.3 Å². The van der Waals surface area contributed by atoms with Crippen molar-refractivity contribution >= 4 is 10.8 Å². The second-order valence-electron chi connectivity index (χ2n) is 8.83. The van der Waals surface area contributed by atoms with Crippen LogP contribution >= 0.6 is 0 Å². The SMILES string of the molecule is CCCc1ccc2c(n1)C(N(Cc1cc3ccccc3cn1)N1CCNCC1)CCC2. The first-order chi connectivity index (χ1) is 15.3. The molecule has 1 unspecified atom stereocenters. The van der Waals surface area contributed by atoms with E-state index in [0.717, 1.165) is 64.1 Å². The standard InChI is InChI=1S/C26H33N5/c1-2-6-23-12-11-20-9-5-10-25(26(20)29-23)31(30-15-13-27-14-16-30)19-24-17-21-7-3-4-8-22(21)18-28-24/h3-4,7-8,11-12,17-18,25,27H,2,5-6,9-10,13-16,19H2,1H3. The molecule has 0 amide bonds. The Morgan fingerprint density at radius 3 is 2.74 bits per heavy atom. The molecule has 5 nitrogen and oxygen atoms in total. The van der Waals surface area contributed by atoms with E-state index in [4.69, 9.17) is 9.97 Å². The van der Waals surface area contributed by atoms with Gasteiger partial charge in [-0.2, -0.15) is 0 Å². The number of benzene rings is 1. The summed E-state index contributed by atoms with van der Waals surface area (Å²) in [6, 6.07) is 15.7. The number of hydrazine groups is 1. The van der Waals surface area contributed by atoms with Gasteiger partial charge in [0.1, 0.15) is 0 Å². The lowest BCUT2D eigenvalue weighted by atomic mass is 9.90. The minimum atomic E-state index is 0.326. The molecule has 0 radical (unpaired) electrons. The predicted molar refractivity (Wildman–Crippen MR) is 126 cm³/mol. The normalized spacial score (nSPS) is 19.6. The highest BCUT2D eigenvalue weighted by molar-refractivity contribution is 5.81. The summed E-state index contributed by atoms with van der Waals surface area (Å²) < 4.78 is 0. The van der Waals surface area contributed by atoms with Gasteiger partial charge in [0.2, 0.25) is 0 Å². The van der Waals surface area contributed by atoms with Crippen LogP contribution in [0.2, 0.25) is 0 Å². The van der Waals surface area contributed by atoms with Gasteiger partial charge in [-0.1, -0.05) is 43.7 Å². The smallest absolute Gasteiger partial charge is 0.0674 e. The van der Waals surface area contributed by atoms with Gasteiger partial charge in [0.15, 0.2) is 0 Å². The molecule has 162 valence electrons. The third kappa shape index (κ3) is 4.49. The van der Waals surface area contributed by atoms with E-state index < -0.39 is 0 Å². The lowest BCUT2D eigenvalue weighted by Gasteiger charge is -2.44. The Labute approximate surface area is 185 Å². The van der Waals surface area contributed by atoms with Gasteiger partial charge in [0.05, 0.1) is 24.0 Å². The number of piperazine rings is 1. The molecule has 1 atom stereocenters. The van der Waals surface area contributed by atoms with E-state index in [1.54, 1.807) is 0 Å². The predicted octanol–water partition coefficient (Wildman–Crippen LogP) is 4.28. The van der Waals surface area contributed by atoms with Gasteiger partial charge in [-0.25, -0.2) is 10.0 Å². The maximum atomic E-state index is 5.19. The Kier molecular flexibility index (Phi) is 6.25. The van der Waals surface area contributed by atoms with E-state index in [-0.39, 0.29) is 0 Å². The molecule has 1 aliphatic heterocycles. The summed E-state index contributed by atoms with van der Waals surface area (Å²) in [4.78, 5) is 10.0. The highest BCUT2D eigenvalue weighted by Crippen LogP contribution is 2.35. The second kappa shape index (κ2) is 9.43. The summed E-state index contributed by atoms with van der Waals surface area (Å²) in [5.41, 5.74) is 5.10. The van der Waals surface area contributed by atoms with E-state index in [1.165, 1.54) is 34.1 Å². The van der Waals surface area contributed by atoms with E-state index in [9.17, 15) is 0 Å². The van der Waals surface area contributed by atoms with Crippen molar-refractivity contribution in [3.05, 3.63) is 71.3 Å². The summed E-state index contributed by atoms with van der Waals surface area (Å²) >= 11 is 0. The molecule has 2 aliphatic rings. The molecule has 0 saturated carbocycles. The molecule has 31 heavy (non-hydrogen) atoms. The van der Waals surface area contributed by atoms with Crippen molar-refractivity contribution in [2.75, 3.05) is 26.2 Å². The number of fused-ring (bicyclic) bond motifs is 2. The number of pyridine rings is 2. The van der Waals surface area contributed by atoms with Crippen LogP contribution in [0.3, 0.4) is 0 Å². The van der Waals surface area contributed by atoms with Crippen LogP contribution in [-0.2, 0) is 19.4 Å². The van der Waals surface area contributed by atoms with Crippen LogP contribution in [0.25, 0.3) is 10.8 Å². The van der Waals surface area contributed by atoms with Crippen molar-refractivity contribution in [2.45, 2.75) is 51.6 Å². The van der Waals surface area contributed by atoms with Crippen LogP contribution in [0.1, 0.15) is 54.9 Å². The topological polar surface area (TPSA) is 44.3 Å². The number of aromatic nitrogens is 2. The van der Waals surface area contributed by atoms with Crippen LogP contribution < -0.4 is 5.32 Å². The van der Waals surface area contributed by atoms with Crippen LogP contribution in [0.4, 0.5) is 0 Å². The van der Waals surface area contributed by atoms with Gasteiger partial charge in [0.25, 0.3) is 0 Å². The highest BCUT2D eigenvalue weighted by Gasteiger charge is 2.32. The molecule has 1 N–H and O–H groups in total. The van der Waals surface area contributed by atoms with Crippen molar-refractivity contribution in [2.24, 2.45) is 0 Å². The number of rotatable bonds is 6. The Morgan fingerprint density at radius 1 is 1.06 bits per heavy atom. The molecule has 1 aromatic carbocycles. The molecule has 1 saturated heterocycles. The maximum Gasteiger partial charge on any atom is 0.0674 e. The molecule has 5 heteroatoms. The molecular formula is C26H33N5. The van der Waals surface area contributed by atoms with Crippen LogP contribution in [0.5, 0.6) is 0 Å².